The largest absolute Gasteiger partial charge is 0.309 e. The Balaban J connectivity index is 1.43. The zero-order valence-electron chi connectivity index (χ0n) is 22.1. The third kappa shape index (κ3) is 5.06. The lowest BCUT2D eigenvalue weighted by Gasteiger charge is -2.22. The summed E-state index contributed by atoms with van der Waals surface area (Å²) in [6, 6.07) is 18.0. The van der Waals surface area contributed by atoms with Gasteiger partial charge in [0.1, 0.15) is 0 Å². The van der Waals surface area contributed by atoms with E-state index in [1.165, 1.54) is 33.3 Å². The number of rotatable bonds is 8. The number of aryl methyl sites for hydroxylation is 2. The topological polar surface area (TPSA) is 73.8 Å². The Labute approximate surface area is 228 Å². The standard InChI is InChI=1S/C29H32N4O3S2/c1-20-18-25-27(19-21(20)2)37-29(30-25)32(16-7-15-31(3)4)28(34)23-10-12-24(13-11-23)38(35,36)33-17-14-22-8-5-6-9-26(22)33/h5-6,8-13,18-19H,7,14-17H2,1-4H3. The minimum absolute atomic E-state index is 0.177. The molecule has 0 radical (unpaired) electrons. The summed E-state index contributed by atoms with van der Waals surface area (Å²) in [5, 5.41) is 0.652. The zero-order chi connectivity index (χ0) is 27.0. The second kappa shape index (κ2) is 10.5. The molecule has 0 N–H and O–H groups in total. The number of aromatic nitrogens is 1. The number of hydrogen-bond acceptors (Lipinski definition) is 6. The van der Waals surface area contributed by atoms with Crippen LogP contribution in [0.2, 0.25) is 0 Å². The number of hydrogen-bond donors (Lipinski definition) is 0. The molecule has 0 saturated heterocycles. The normalized spacial score (nSPS) is 13.3. The molecule has 2 heterocycles. The maximum absolute atomic E-state index is 13.7. The van der Waals surface area contributed by atoms with E-state index in [1.54, 1.807) is 17.0 Å². The smallest absolute Gasteiger partial charge is 0.264 e. The van der Waals surface area contributed by atoms with Gasteiger partial charge in [-0.05, 0) is 106 Å². The minimum Gasteiger partial charge on any atom is -0.309 e. The van der Waals surface area contributed by atoms with Crippen LogP contribution in [0, 0.1) is 13.8 Å². The predicted octanol–water partition coefficient (Wildman–Crippen LogP) is 5.26. The molecule has 1 amide bonds. The summed E-state index contributed by atoms with van der Waals surface area (Å²) in [5.74, 6) is -0.188. The highest BCUT2D eigenvalue weighted by molar-refractivity contribution is 7.92. The van der Waals surface area contributed by atoms with Gasteiger partial charge >= 0.3 is 0 Å². The van der Waals surface area contributed by atoms with Crippen molar-refractivity contribution in [2.45, 2.75) is 31.6 Å². The van der Waals surface area contributed by atoms with E-state index in [0.29, 0.717) is 30.2 Å². The van der Waals surface area contributed by atoms with Gasteiger partial charge in [-0.1, -0.05) is 29.5 Å². The van der Waals surface area contributed by atoms with E-state index >= 15 is 0 Å². The van der Waals surface area contributed by atoms with Crippen LogP contribution in [0.5, 0.6) is 0 Å². The third-order valence-corrected chi connectivity index (χ3v) is 9.86. The molecule has 0 aliphatic carbocycles. The fourth-order valence-corrected chi connectivity index (χ4v) is 7.30. The highest BCUT2D eigenvalue weighted by atomic mass is 32.2. The van der Waals surface area contributed by atoms with Crippen molar-refractivity contribution >= 4 is 48.3 Å². The van der Waals surface area contributed by atoms with Gasteiger partial charge in [-0.25, -0.2) is 13.4 Å². The minimum atomic E-state index is -3.72. The molecule has 0 bridgehead atoms. The molecule has 0 saturated carbocycles. The number of thiazole rings is 1. The van der Waals surface area contributed by atoms with Crippen LogP contribution >= 0.6 is 11.3 Å². The summed E-state index contributed by atoms with van der Waals surface area (Å²) in [7, 11) is 0.291. The summed E-state index contributed by atoms with van der Waals surface area (Å²) in [6.45, 7) is 5.90. The number of sulfonamides is 1. The van der Waals surface area contributed by atoms with Crippen molar-refractivity contribution in [3.8, 4) is 0 Å². The van der Waals surface area contributed by atoms with E-state index in [0.717, 1.165) is 40.0 Å². The van der Waals surface area contributed by atoms with Crippen LogP contribution in [0.15, 0.2) is 65.6 Å². The van der Waals surface area contributed by atoms with E-state index in [1.807, 2.05) is 38.4 Å². The van der Waals surface area contributed by atoms with Gasteiger partial charge in [-0.15, -0.1) is 0 Å². The number of anilines is 2. The number of benzene rings is 3. The Morgan fingerprint density at radius 3 is 2.45 bits per heavy atom. The van der Waals surface area contributed by atoms with Crippen LogP contribution in [0.1, 0.15) is 33.5 Å². The molecule has 4 aromatic rings. The third-order valence-electron chi connectivity index (χ3n) is 6.99. The van der Waals surface area contributed by atoms with Crippen LogP contribution in [-0.2, 0) is 16.4 Å². The van der Waals surface area contributed by atoms with Gasteiger partial charge in [0.2, 0.25) is 0 Å². The molecule has 9 heteroatoms. The average Bonchev–Trinajstić information content (AvgIpc) is 3.51. The van der Waals surface area contributed by atoms with Crippen LogP contribution in [-0.4, -0.2) is 57.9 Å². The van der Waals surface area contributed by atoms with E-state index in [4.69, 9.17) is 4.98 Å². The number of amides is 1. The highest BCUT2D eigenvalue weighted by Gasteiger charge is 2.31. The number of fused-ring (bicyclic) bond motifs is 2. The number of para-hydroxylation sites is 1. The Morgan fingerprint density at radius 1 is 1.00 bits per heavy atom. The molecule has 0 fully saturated rings. The van der Waals surface area contributed by atoms with E-state index in [9.17, 15) is 13.2 Å². The lowest BCUT2D eigenvalue weighted by Crippen LogP contribution is -2.33. The molecule has 3 aromatic carbocycles. The lowest BCUT2D eigenvalue weighted by atomic mass is 10.1. The van der Waals surface area contributed by atoms with Crippen molar-refractivity contribution in [2.75, 3.05) is 42.9 Å². The summed E-state index contributed by atoms with van der Waals surface area (Å²) in [4.78, 5) is 22.5. The fourth-order valence-electron chi connectivity index (χ4n) is 4.72. The summed E-state index contributed by atoms with van der Waals surface area (Å²) in [6.07, 6.45) is 1.47. The molecule has 1 aliphatic rings. The maximum atomic E-state index is 13.7. The molecular weight excluding hydrogens is 516 g/mol. The molecule has 5 rings (SSSR count). The maximum Gasteiger partial charge on any atom is 0.264 e. The Morgan fingerprint density at radius 2 is 1.71 bits per heavy atom. The second-order valence-corrected chi connectivity index (χ2v) is 12.9. The van der Waals surface area contributed by atoms with Crippen molar-refractivity contribution in [2.24, 2.45) is 0 Å². The summed E-state index contributed by atoms with van der Waals surface area (Å²) >= 11 is 1.51. The van der Waals surface area contributed by atoms with Crippen LogP contribution in [0.4, 0.5) is 10.8 Å². The van der Waals surface area contributed by atoms with Crippen molar-refractivity contribution in [1.82, 2.24) is 9.88 Å². The molecule has 1 aliphatic heterocycles. The quantitative estimate of drug-likeness (QED) is 0.300. The van der Waals surface area contributed by atoms with Gasteiger partial charge in [0.15, 0.2) is 5.13 Å². The molecule has 0 unspecified atom stereocenters. The van der Waals surface area contributed by atoms with Crippen molar-refractivity contribution < 1.29 is 13.2 Å². The van der Waals surface area contributed by atoms with Gasteiger partial charge in [0.05, 0.1) is 20.8 Å². The van der Waals surface area contributed by atoms with E-state index in [2.05, 4.69) is 30.9 Å². The summed E-state index contributed by atoms with van der Waals surface area (Å²) in [5.41, 5.74) is 5.42. The van der Waals surface area contributed by atoms with Crippen LogP contribution in [0.25, 0.3) is 10.2 Å². The summed E-state index contributed by atoms with van der Waals surface area (Å²) < 4.78 is 29.3. The molecule has 0 atom stereocenters. The predicted molar refractivity (Wildman–Crippen MR) is 155 cm³/mol. The van der Waals surface area contributed by atoms with Gasteiger partial charge < -0.3 is 4.90 Å². The molecule has 1 aromatic heterocycles. The van der Waals surface area contributed by atoms with Gasteiger partial charge in [-0.2, -0.15) is 0 Å². The zero-order valence-corrected chi connectivity index (χ0v) is 23.8. The first kappa shape index (κ1) is 26.3. The SMILES string of the molecule is Cc1cc2nc(N(CCCN(C)C)C(=O)c3ccc(S(=O)(=O)N4CCc5ccccc54)cc3)sc2cc1C. The Bertz CT molecular complexity index is 1560. The number of nitrogens with zero attached hydrogens (tertiary/aromatic N) is 4. The molecule has 38 heavy (non-hydrogen) atoms. The Hall–Kier alpha value is -3.27. The van der Waals surface area contributed by atoms with Gasteiger partial charge in [0.25, 0.3) is 15.9 Å². The molecule has 0 spiro atoms. The van der Waals surface area contributed by atoms with Crippen molar-refractivity contribution in [1.29, 1.82) is 0 Å². The van der Waals surface area contributed by atoms with E-state index in [-0.39, 0.29) is 10.8 Å². The first-order valence-electron chi connectivity index (χ1n) is 12.7. The average molecular weight is 549 g/mol. The molecule has 198 valence electrons. The Kier molecular flexibility index (Phi) is 7.26. The first-order valence-corrected chi connectivity index (χ1v) is 15.0. The second-order valence-electron chi connectivity index (χ2n) is 9.99. The van der Waals surface area contributed by atoms with Crippen LogP contribution < -0.4 is 9.21 Å². The van der Waals surface area contributed by atoms with Crippen molar-refractivity contribution in [3.05, 3.63) is 82.9 Å². The monoisotopic (exact) mass is 548 g/mol. The molecular formula is C29H32N4O3S2. The number of carbonyl (C=O) groups excluding carboxylic acids is 1. The highest BCUT2D eigenvalue weighted by Crippen LogP contribution is 2.34. The van der Waals surface area contributed by atoms with E-state index < -0.39 is 10.0 Å². The van der Waals surface area contributed by atoms with Gasteiger partial charge in [0, 0.05) is 18.7 Å². The fraction of sp³-hybridized carbons (Fsp3) is 0.310. The lowest BCUT2D eigenvalue weighted by molar-refractivity contribution is 0.0986. The van der Waals surface area contributed by atoms with Crippen molar-refractivity contribution in [3.63, 3.8) is 0 Å². The molecule has 7 nitrogen and oxygen atoms in total. The first-order chi connectivity index (χ1) is 18.1. The van der Waals surface area contributed by atoms with Crippen LogP contribution in [0.3, 0.4) is 0 Å². The number of carbonyl (C=O) groups is 1. The van der Waals surface area contributed by atoms with Gasteiger partial charge in [-0.3, -0.25) is 14.0 Å².